The lowest BCUT2D eigenvalue weighted by Gasteiger charge is -2.27. The van der Waals surface area contributed by atoms with E-state index >= 15 is 0 Å². The molecule has 0 saturated carbocycles. The van der Waals surface area contributed by atoms with Gasteiger partial charge in [0.2, 0.25) is 0 Å². The van der Waals surface area contributed by atoms with E-state index in [0.29, 0.717) is 41.7 Å². The average molecular weight is 366 g/mol. The molecule has 6 nitrogen and oxygen atoms in total. The van der Waals surface area contributed by atoms with Crippen molar-refractivity contribution in [3.05, 3.63) is 69.5 Å². The minimum absolute atomic E-state index is 0.0812. The molecule has 1 atom stereocenters. The molecule has 3 aromatic rings. The minimum atomic E-state index is -0.355. The highest BCUT2D eigenvalue weighted by Crippen LogP contribution is 2.35. The Hall–Kier alpha value is -3.22. The number of aromatic nitrogens is 3. The maximum absolute atomic E-state index is 13.9. The van der Waals surface area contributed by atoms with E-state index in [2.05, 4.69) is 20.3 Å². The number of para-hydroxylation sites is 1. The summed E-state index contributed by atoms with van der Waals surface area (Å²) in [5.74, 6) is 1.09. The molecule has 2 N–H and O–H groups in total. The quantitative estimate of drug-likeness (QED) is 0.741. The molecule has 0 radical (unpaired) electrons. The van der Waals surface area contributed by atoms with Crippen LogP contribution in [0.15, 0.2) is 41.3 Å². The standard InChI is InChI=1S/C20H19FN4O2/c1-11-12(2)23-19(25-20(11)26)13-6-7-17(22-10-13)24-16-8-9-27-18-14(16)4-3-5-15(18)21/h3-7,10,16H,8-9H2,1-2H3,(H,22,24)(H,23,25,26)/t16-/m0/s1. The second-order valence-electron chi connectivity index (χ2n) is 6.55. The van der Waals surface area contributed by atoms with Crippen LogP contribution in [-0.4, -0.2) is 21.6 Å². The molecule has 0 aliphatic carbocycles. The number of halogens is 1. The van der Waals surface area contributed by atoms with Gasteiger partial charge in [-0.1, -0.05) is 12.1 Å². The van der Waals surface area contributed by atoms with Gasteiger partial charge in [0.05, 0.1) is 12.6 Å². The third-order valence-corrected chi connectivity index (χ3v) is 4.78. The van der Waals surface area contributed by atoms with Gasteiger partial charge in [0.15, 0.2) is 11.6 Å². The maximum atomic E-state index is 13.9. The molecular formula is C20H19FN4O2. The molecule has 7 heteroatoms. The number of anilines is 1. The number of nitrogens with zero attached hydrogens (tertiary/aromatic N) is 2. The Morgan fingerprint density at radius 3 is 2.85 bits per heavy atom. The fourth-order valence-corrected chi connectivity index (χ4v) is 3.12. The van der Waals surface area contributed by atoms with Crippen LogP contribution >= 0.6 is 0 Å². The monoisotopic (exact) mass is 366 g/mol. The number of pyridine rings is 1. The summed E-state index contributed by atoms with van der Waals surface area (Å²) in [5.41, 5.74) is 2.65. The first-order valence-corrected chi connectivity index (χ1v) is 8.74. The fourth-order valence-electron chi connectivity index (χ4n) is 3.12. The molecule has 3 heterocycles. The largest absolute Gasteiger partial charge is 0.490 e. The van der Waals surface area contributed by atoms with Crippen molar-refractivity contribution >= 4 is 5.82 Å². The zero-order valence-corrected chi connectivity index (χ0v) is 15.0. The zero-order chi connectivity index (χ0) is 19.0. The van der Waals surface area contributed by atoms with Crippen LogP contribution in [0.25, 0.3) is 11.4 Å². The molecule has 1 aliphatic heterocycles. The van der Waals surface area contributed by atoms with Crippen LogP contribution in [0.2, 0.25) is 0 Å². The Kier molecular flexibility index (Phi) is 4.35. The number of fused-ring (bicyclic) bond motifs is 1. The van der Waals surface area contributed by atoms with E-state index in [4.69, 9.17) is 4.74 Å². The first kappa shape index (κ1) is 17.2. The average Bonchev–Trinajstić information content (AvgIpc) is 2.67. The highest BCUT2D eigenvalue weighted by Gasteiger charge is 2.24. The number of hydrogen-bond acceptors (Lipinski definition) is 5. The maximum Gasteiger partial charge on any atom is 0.254 e. The topological polar surface area (TPSA) is 79.9 Å². The van der Waals surface area contributed by atoms with Crippen LogP contribution in [0.5, 0.6) is 5.75 Å². The Balaban J connectivity index is 1.58. The van der Waals surface area contributed by atoms with Crippen molar-refractivity contribution in [2.75, 3.05) is 11.9 Å². The van der Waals surface area contributed by atoms with Gasteiger partial charge in [0.1, 0.15) is 11.6 Å². The highest BCUT2D eigenvalue weighted by atomic mass is 19.1. The van der Waals surface area contributed by atoms with Crippen molar-refractivity contribution in [1.82, 2.24) is 15.0 Å². The Morgan fingerprint density at radius 1 is 1.26 bits per heavy atom. The smallest absolute Gasteiger partial charge is 0.254 e. The molecule has 0 fully saturated rings. The molecule has 27 heavy (non-hydrogen) atoms. The van der Waals surface area contributed by atoms with Crippen molar-refractivity contribution in [2.24, 2.45) is 0 Å². The molecule has 138 valence electrons. The molecule has 4 rings (SSSR count). The normalized spacial score (nSPS) is 15.7. The molecular weight excluding hydrogens is 347 g/mol. The van der Waals surface area contributed by atoms with Gasteiger partial charge in [-0.3, -0.25) is 4.79 Å². The van der Waals surface area contributed by atoms with E-state index in [1.165, 1.54) is 6.07 Å². The molecule has 0 saturated heterocycles. The lowest BCUT2D eigenvalue weighted by molar-refractivity contribution is 0.260. The Bertz CT molecular complexity index is 1050. The second kappa shape index (κ2) is 6.83. The number of nitrogens with one attached hydrogen (secondary N) is 2. The fraction of sp³-hybridized carbons (Fsp3) is 0.250. The molecule has 0 bridgehead atoms. The number of benzene rings is 1. The van der Waals surface area contributed by atoms with Crippen molar-refractivity contribution in [1.29, 1.82) is 0 Å². The van der Waals surface area contributed by atoms with Gasteiger partial charge in [-0.2, -0.15) is 0 Å². The summed E-state index contributed by atoms with van der Waals surface area (Å²) in [6, 6.07) is 8.50. The van der Waals surface area contributed by atoms with Crippen molar-refractivity contribution in [2.45, 2.75) is 26.3 Å². The van der Waals surface area contributed by atoms with E-state index in [0.717, 1.165) is 11.1 Å². The third-order valence-electron chi connectivity index (χ3n) is 4.78. The SMILES string of the molecule is Cc1nc(-c2ccc(N[C@H]3CCOc4c(F)cccc43)nc2)[nH]c(=O)c1C. The van der Waals surface area contributed by atoms with Gasteiger partial charge >= 0.3 is 0 Å². The molecule has 0 amide bonds. The summed E-state index contributed by atoms with van der Waals surface area (Å²) < 4.78 is 19.4. The first-order valence-electron chi connectivity index (χ1n) is 8.74. The van der Waals surface area contributed by atoms with Gasteiger partial charge in [-0.15, -0.1) is 0 Å². The van der Waals surface area contributed by atoms with E-state index in [1.54, 1.807) is 26.1 Å². The molecule has 1 aliphatic rings. The minimum Gasteiger partial charge on any atom is -0.490 e. The van der Waals surface area contributed by atoms with Crippen LogP contribution in [0, 0.1) is 19.7 Å². The number of rotatable bonds is 3. The van der Waals surface area contributed by atoms with E-state index in [9.17, 15) is 9.18 Å². The summed E-state index contributed by atoms with van der Waals surface area (Å²) in [6.45, 7) is 3.99. The number of aromatic amines is 1. The van der Waals surface area contributed by atoms with Crippen LogP contribution < -0.4 is 15.6 Å². The van der Waals surface area contributed by atoms with Crippen LogP contribution in [0.3, 0.4) is 0 Å². The van der Waals surface area contributed by atoms with Gasteiger partial charge < -0.3 is 15.0 Å². The molecule has 0 spiro atoms. The van der Waals surface area contributed by atoms with Crippen molar-refractivity contribution < 1.29 is 9.13 Å². The Morgan fingerprint density at radius 2 is 2.11 bits per heavy atom. The van der Waals surface area contributed by atoms with E-state index < -0.39 is 0 Å². The molecule has 0 unspecified atom stereocenters. The summed E-state index contributed by atoms with van der Waals surface area (Å²) in [6.07, 6.45) is 2.37. The highest BCUT2D eigenvalue weighted by molar-refractivity contribution is 5.56. The van der Waals surface area contributed by atoms with E-state index in [-0.39, 0.29) is 17.4 Å². The van der Waals surface area contributed by atoms with Crippen molar-refractivity contribution in [3.63, 3.8) is 0 Å². The van der Waals surface area contributed by atoms with Gasteiger partial charge in [-0.25, -0.2) is 14.4 Å². The van der Waals surface area contributed by atoms with Gasteiger partial charge in [0, 0.05) is 35.0 Å². The third kappa shape index (κ3) is 3.28. The number of H-pyrrole nitrogens is 1. The van der Waals surface area contributed by atoms with Crippen LogP contribution in [0.1, 0.15) is 29.3 Å². The number of hydrogen-bond donors (Lipinski definition) is 2. The van der Waals surface area contributed by atoms with Crippen LogP contribution in [-0.2, 0) is 0 Å². The predicted molar refractivity (Wildman–Crippen MR) is 100 cm³/mol. The molecule has 1 aromatic carbocycles. The van der Waals surface area contributed by atoms with Crippen LogP contribution in [0.4, 0.5) is 10.2 Å². The first-order chi connectivity index (χ1) is 13.0. The summed E-state index contributed by atoms with van der Waals surface area (Å²) in [4.78, 5) is 23.5. The number of ether oxygens (including phenoxy) is 1. The van der Waals surface area contributed by atoms with Crippen molar-refractivity contribution in [3.8, 4) is 17.1 Å². The summed E-state index contributed by atoms with van der Waals surface area (Å²) in [7, 11) is 0. The molecule has 2 aromatic heterocycles. The lowest BCUT2D eigenvalue weighted by atomic mass is 10.0. The number of aryl methyl sites for hydroxylation is 1. The second-order valence-corrected chi connectivity index (χ2v) is 6.55. The lowest BCUT2D eigenvalue weighted by Crippen LogP contribution is -2.21. The zero-order valence-electron chi connectivity index (χ0n) is 15.0. The summed E-state index contributed by atoms with van der Waals surface area (Å²) in [5, 5.41) is 3.32. The van der Waals surface area contributed by atoms with E-state index in [1.807, 2.05) is 18.2 Å². The predicted octanol–water partition coefficient (Wildman–Crippen LogP) is 3.52. The van der Waals surface area contributed by atoms with Gasteiger partial charge in [0.25, 0.3) is 5.56 Å². The Labute approximate surface area is 155 Å². The van der Waals surface area contributed by atoms with Gasteiger partial charge in [-0.05, 0) is 32.0 Å². The summed E-state index contributed by atoms with van der Waals surface area (Å²) >= 11 is 0.